The zero-order valence-corrected chi connectivity index (χ0v) is 15.3. The molecule has 1 amide bonds. The Labute approximate surface area is 149 Å². The Morgan fingerprint density at radius 2 is 1.96 bits per heavy atom. The van der Waals surface area contributed by atoms with E-state index in [-0.39, 0.29) is 5.91 Å². The highest BCUT2D eigenvalue weighted by Gasteiger charge is 2.00. The predicted molar refractivity (Wildman–Crippen MR) is 98.5 cm³/mol. The summed E-state index contributed by atoms with van der Waals surface area (Å²) >= 11 is 8.54. The number of benzene rings is 1. The maximum atomic E-state index is 10.8. The van der Waals surface area contributed by atoms with Crippen LogP contribution in [0.5, 0.6) is 0 Å². The third-order valence-corrected chi connectivity index (χ3v) is 3.84. The van der Waals surface area contributed by atoms with Crippen molar-refractivity contribution in [1.82, 2.24) is 16.2 Å². The Hall–Kier alpha value is -1.51. The standard InChI is InChI=1S/C15H21BrN4O2S/c1-11(12-6-8-13(16)9-7-12)18-19-15(23)17-10-4-2-3-5-14(21)20-22/h6-9,22H,2-5,10H2,1H3,(H,20,21)(H2,17,19,23)/b18-11+. The zero-order valence-electron chi connectivity index (χ0n) is 12.9. The summed E-state index contributed by atoms with van der Waals surface area (Å²) in [6, 6.07) is 7.87. The molecular formula is C15H21BrN4O2S. The van der Waals surface area contributed by atoms with Crippen molar-refractivity contribution < 1.29 is 10.0 Å². The number of halogens is 1. The van der Waals surface area contributed by atoms with E-state index in [9.17, 15) is 4.79 Å². The molecule has 0 saturated heterocycles. The number of hydrogen-bond donors (Lipinski definition) is 4. The van der Waals surface area contributed by atoms with Crippen LogP contribution in [0, 0.1) is 0 Å². The van der Waals surface area contributed by atoms with Gasteiger partial charge in [-0.2, -0.15) is 5.10 Å². The molecule has 0 bridgehead atoms. The molecule has 126 valence electrons. The molecule has 6 nitrogen and oxygen atoms in total. The highest BCUT2D eigenvalue weighted by molar-refractivity contribution is 9.10. The molecule has 0 saturated carbocycles. The molecule has 23 heavy (non-hydrogen) atoms. The maximum absolute atomic E-state index is 10.8. The summed E-state index contributed by atoms with van der Waals surface area (Å²) in [5.41, 5.74) is 6.29. The van der Waals surface area contributed by atoms with E-state index in [1.54, 1.807) is 5.48 Å². The minimum atomic E-state index is -0.354. The van der Waals surface area contributed by atoms with Crippen LogP contribution in [0.4, 0.5) is 0 Å². The molecule has 0 aromatic heterocycles. The molecule has 1 aromatic rings. The van der Waals surface area contributed by atoms with Crippen molar-refractivity contribution in [2.45, 2.75) is 32.6 Å². The number of thiocarbonyl (C=S) groups is 1. The number of nitrogens with one attached hydrogen (secondary N) is 3. The van der Waals surface area contributed by atoms with Gasteiger partial charge in [-0.15, -0.1) is 0 Å². The summed E-state index contributed by atoms with van der Waals surface area (Å²) in [4.78, 5) is 10.8. The number of carbonyl (C=O) groups excluding carboxylic acids is 1. The van der Waals surface area contributed by atoms with E-state index in [1.165, 1.54) is 0 Å². The van der Waals surface area contributed by atoms with Gasteiger partial charge in [-0.1, -0.05) is 34.5 Å². The maximum Gasteiger partial charge on any atom is 0.243 e. The van der Waals surface area contributed by atoms with Crippen molar-refractivity contribution in [2.75, 3.05) is 6.54 Å². The van der Waals surface area contributed by atoms with Crippen LogP contribution in [0.1, 0.15) is 38.2 Å². The molecule has 1 aromatic carbocycles. The van der Waals surface area contributed by atoms with Gasteiger partial charge in [0.1, 0.15) is 0 Å². The van der Waals surface area contributed by atoms with Crippen LogP contribution in [-0.2, 0) is 4.79 Å². The van der Waals surface area contributed by atoms with Crippen molar-refractivity contribution in [3.63, 3.8) is 0 Å². The van der Waals surface area contributed by atoms with Crippen molar-refractivity contribution in [2.24, 2.45) is 5.10 Å². The van der Waals surface area contributed by atoms with Gasteiger partial charge in [-0.25, -0.2) is 5.48 Å². The molecule has 0 aliphatic rings. The molecule has 0 fully saturated rings. The van der Waals surface area contributed by atoms with Crippen LogP contribution >= 0.6 is 28.1 Å². The van der Waals surface area contributed by atoms with Gasteiger partial charge < -0.3 is 5.32 Å². The molecule has 0 heterocycles. The average molecular weight is 401 g/mol. The molecule has 8 heteroatoms. The van der Waals surface area contributed by atoms with Crippen LogP contribution in [0.25, 0.3) is 0 Å². The summed E-state index contributed by atoms with van der Waals surface area (Å²) in [6.45, 7) is 2.62. The number of hydrogen-bond acceptors (Lipinski definition) is 4. The van der Waals surface area contributed by atoms with Crippen molar-refractivity contribution in [3.05, 3.63) is 34.3 Å². The van der Waals surface area contributed by atoms with Crippen LogP contribution in [-0.4, -0.2) is 28.5 Å². The van der Waals surface area contributed by atoms with Crippen LogP contribution in [0.2, 0.25) is 0 Å². The summed E-state index contributed by atoms with van der Waals surface area (Å²) in [7, 11) is 0. The topological polar surface area (TPSA) is 85.8 Å². The fourth-order valence-electron chi connectivity index (χ4n) is 1.77. The van der Waals surface area contributed by atoms with E-state index in [2.05, 4.69) is 31.8 Å². The van der Waals surface area contributed by atoms with Gasteiger partial charge in [0.05, 0.1) is 5.71 Å². The van der Waals surface area contributed by atoms with E-state index in [0.29, 0.717) is 18.1 Å². The highest BCUT2D eigenvalue weighted by atomic mass is 79.9. The van der Waals surface area contributed by atoms with E-state index in [1.807, 2.05) is 31.2 Å². The molecule has 1 rings (SSSR count). The molecule has 4 N–H and O–H groups in total. The number of amides is 1. The third-order valence-electron chi connectivity index (χ3n) is 3.08. The fourth-order valence-corrected chi connectivity index (χ4v) is 2.19. The fraction of sp³-hybridized carbons (Fsp3) is 0.400. The Morgan fingerprint density at radius 3 is 2.61 bits per heavy atom. The van der Waals surface area contributed by atoms with Crippen LogP contribution in [0.15, 0.2) is 33.8 Å². The largest absolute Gasteiger partial charge is 0.361 e. The first-order valence-corrected chi connectivity index (χ1v) is 8.50. The first-order chi connectivity index (χ1) is 11.0. The second-order valence-electron chi connectivity index (χ2n) is 4.92. The Bertz CT molecular complexity index is 549. The van der Waals surface area contributed by atoms with E-state index < -0.39 is 0 Å². The SMILES string of the molecule is C/C(=N\NC(=S)NCCCCCC(=O)NO)c1ccc(Br)cc1. The summed E-state index contributed by atoms with van der Waals surface area (Å²) in [5.74, 6) is -0.354. The first kappa shape index (κ1) is 19.5. The van der Waals surface area contributed by atoms with Gasteiger partial charge in [-0.05, 0) is 49.7 Å². The van der Waals surface area contributed by atoms with E-state index in [0.717, 1.165) is 35.0 Å². The summed E-state index contributed by atoms with van der Waals surface area (Å²) in [5, 5.41) is 16.1. The second kappa shape index (κ2) is 11.1. The molecule has 0 unspecified atom stereocenters. The lowest BCUT2D eigenvalue weighted by Crippen LogP contribution is -2.33. The molecule has 0 aliphatic heterocycles. The Morgan fingerprint density at radius 1 is 1.26 bits per heavy atom. The van der Waals surface area contributed by atoms with Gasteiger partial charge in [0.15, 0.2) is 5.11 Å². The van der Waals surface area contributed by atoms with E-state index in [4.69, 9.17) is 17.4 Å². The summed E-state index contributed by atoms with van der Waals surface area (Å²) in [6.07, 6.45) is 2.82. The first-order valence-electron chi connectivity index (χ1n) is 7.30. The average Bonchev–Trinajstić information content (AvgIpc) is 2.56. The zero-order chi connectivity index (χ0) is 17.1. The minimum Gasteiger partial charge on any atom is -0.361 e. The Kier molecular flexibility index (Phi) is 9.42. The highest BCUT2D eigenvalue weighted by Crippen LogP contribution is 2.10. The smallest absolute Gasteiger partial charge is 0.243 e. The van der Waals surface area contributed by atoms with Crippen LogP contribution < -0.4 is 16.2 Å². The van der Waals surface area contributed by atoms with Gasteiger partial charge in [0.2, 0.25) is 5.91 Å². The molecule has 0 radical (unpaired) electrons. The monoisotopic (exact) mass is 400 g/mol. The van der Waals surface area contributed by atoms with Crippen molar-refractivity contribution in [1.29, 1.82) is 0 Å². The van der Waals surface area contributed by atoms with E-state index >= 15 is 0 Å². The van der Waals surface area contributed by atoms with Gasteiger partial charge in [-0.3, -0.25) is 15.4 Å². The van der Waals surface area contributed by atoms with Crippen molar-refractivity contribution >= 4 is 44.9 Å². The Balaban J connectivity index is 2.20. The quantitative estimate of drug-likeness (QED) is 0.177. The van der Waals surface area contributed by atoms with Crippen LogP contribution in [0.3, 0.4) is 0 Å². The minimum absolute atomic E-state index is 0.329. The lowest BCUT2D eigenvalue weighted by molar-refractivity contribution is -0.129. The number of unbranched alkanes of at least 4 members (excludes halogenated alkanes) is 2. The molecular weight excluding hydrogens is 380 g/mol. The number of rotatable bonds is 8. The van der Waals surface area contributed by atoms with Crippen molar-refractivity contribution in [3.8, 4) is 0 Å². The lowest BCUT2D eigenvalue weighted by atomic mass is 10.1. The number of nitrogens with zero attached hydrogens (tertiary/aromatic N) is 1. The third kappa shape index (κ3) is 8.63. The molecule has 0 aliphatic carbocycles. The second-order valence-corrected chi connectivity index (χ2v) is 6.24. The number of hydrazone groups is 1. The normalized spacial score (nSPS) is 11.0. The van der Waals surface area contributed by atoms with Gasteiger partial charge >= 0.3 is 0 Å². The predicted octanol–water partition coefficient (Wildman–Crippen LogP) is 2.70. The van der Waals surface area contributed by atoms with Gasteiger partial charge in [0.25, 0.3) is 0 Å². The van der Waals surface area contributed by atoms with Gasteiger partial charge in [0, 0.05) is 17.4 Å². The molecule has 0 spiro atoms. The summed E-state index contributed by atoms with van der Waals surface area (Å²) < 4.78 is 1.02. The lowest BCUT2D eigenvalue weighted by Gasteiger charge is -2.08. The molecule has 0 atom stereocenters. The number of carbonyl (C=O) groups is 1. The number of hydroxylamine groups is 1.